The minimum atomic E-state index is -0.471. The van der Waals surface area contributed by atoms with Gasteiger partial charge in [-0.25, -0.2) is 0 Å². The molecule has 1 saturated heterocycles. The van der Waals surface area contributed by atoms with Gasteiger partial charge in [0.05, 0.1) is 5.70 Å². The van der Waals surface area contributed by atoms with Gasteiger partial charge in [0, 0.05) is 12.5 Å². The van der Waals surface area contributed by atoms with Crippen molar-refractivity contribution in [3.05, 3.63) is 35.6 Å². The molecule has 1 aliphatic carbocycles. The molecule has 4 heteroatoms. The summed E-state index contributed by atoms with van der Waals surface area (Å²) in [6, 6.07) is 0.312. The highest BCUT2D eigenvalue weighted by Crippen LogP contribution is 2.23. The number of hydrogen-bond acceptors (Lipinski definition) is 3. The van der Waals surface area contributed by atoms with E-state index in [2.05, 4.69) is 17.4 Å². The molecule has 0 spiro atoms. The summed E-state index contributed by atoms with van der Waals surface area (Å²) in [6.45, 7) is 7.80. The topological polar surface area (TPSA) is 50.4 Å². The normalized spacial score (nSPS) is 27.4. The van der Waals surface area contributed by atoms with Crippen LogP contribution in [0, 0.1) is 0 Å². The lowest BCUT2D eigenvalue weighted by Gasteiger charge is -2.30. The van der Waals surface area contributed by atoms with Crippen LogP contribution in [0.2, 0.25) is 0 Å². The average Bonchev–Trinajstić information content (AvgIpc) is 2.47. The third kappa shape index (κ3) is 4.46. The predicted molar refractivity (Wildman–Crippen MR) is 84.3 cm³/mol. The molecule has 0 aromatic rings. The molecule has 0 bridgehead atoms. The summed E-state index contributed by atoms with van der Waals surface area (Å²) in [7, 11) is 0. The maximum absolute atomic E-state index is 12.3. The van der Waals surface area contributed by atoms with Crippen molar-refractivity contribution < 1.29 is 9.63 Å². The minimum absolute atomic E-state index is 0.0165. The number of allylic oxidation sites excluding steroid dienone is 4. The zero-order valence-electron chi connectivity index (χ0n) is 13.1. The van der Waals surface area contributed by atoms with Gasteiger partial charge >= 0.3 is 0 Å². The molecule has 0 radical (unpaired) electrons. The zero-order valence-corrected chi connectivity index (χ0v) is 13.1. The Bertz CT molecular complexity index is 459. The van der Waals surface area contributed by atoms with Gasteiger partial charge < -0.3 is 5.32 Å². The van der Waals surface area contributed by atoms with Crippen LogP contribution in [0.4, 0.5) is 0 Å². The molecule has 2 aliphatic rings. The first-order valence-corrected chi connectivity index (χ1v) is 7.85. The third-order valence-corrected chi connectivity index (χ3v) is 4.02. The maximum Gasteiger partial charge on any atom is 0.252 e. The Balaban J connectivity index is 1.97. The second kappa shape index (κ2) is 7.46. The highest BCUT2D eigenvalue weighted by Gasteiger charge is 2.29. The van der Waals surface area contributed by atoms with E-state index in [4.69, 9.17) is 4.84 Å². The van der Waals surface area contributed by atoms with E-state index < -0.39 is 6.10 Å². The molecule has 4 nitrogen and oxygen atoms in total. The van der Waals surface area contributed by atoms with Crippen LogP contribution in [-0.4, -0.2) is 18.1 Å². The number of nitrogens with one attached hydrogen (secondary N) is 2. The highest BCUT2D eigenvalue weighted by molar-refractivity contribution is 5.81. The van der Waals surface area contributed by atoms with Crippen LogP contribution < -0.4 is 10.8 Å². The molecular weight excluding hydrogens is 264 g/mol. The highest BCUT2D eigenvalue weighted by atomic mass is 16.7. The average molecular weight is 290 g/mol. The number of carbonyl (C=O) groups excluding carboxylic acids is 1. The Hall–Kier alpha value is -1.55. The van der Waals surface area contributed by atoms with Crippen molar-refractivity contribution in [1.82, 2.24) is 10.8 Å². The van der Waals surface area contributed by atoms with E-state index in [0.717, 1.165) is 29.7 Å². The lowest BCUT2D eigenvalue weighted by molar-refractivity contribution is -0.139. The number of hydrogen-bond donors (Lipinski definition) is 2. The van der Waals surface area contributed by atoms with Crippen LogP contribution >= 0.6 is 0 Å². The molecule has 1 aliphatic heterocycles. The van der Waals surface area contributed by atoms with Gasteiger partial charge in [-0.2, -0.15) is 0 Å². The molecule has 21 heavy (non-hydrogen) atoms. The predicted octanol–water partition coefficient (Wildman–Crippen LogP) is 3.14. The van der Waals surface area contributed by atoms with E-state index in [1.807, 2.05) is 26.0 Å². The Kier molecular flexibility index (Phi) is 5.62. The van der Waals surface area contributed by atoms with E-state index >= 15 is 0 Å². The molecule has 1 atom stereocenters. The van der Waals surface area contributed by atoms with Crippen LogP contribution in [-0.2, 0) is 9.63 Å². The van der Waals surface area contributed by atoms with Crippen LogP contribution in [0.15, 0.2) is 35.6 Å². The van der Waals surface area contributed by atoms with E-state index in [1.54, 1.807) is 0 Å². The van der Waals surface area contributed by atoms with Crippen molar-refractivity contribution in [2.45, 2.75) is 64.5 Å². The minimum Gasteiger partial charge on any atom is -0.351 e. The van der Waals surface area contributed by atoms with Crippen molar-refractivity contribution in [3.8, 4) is 0 Å². The number of rotatable bonds is 3. The Morgan fingerprint density at radius 1 is 1.38 bits per heavy atom. The maximum atomic E-state index is 12.3. The SMILES string of the molecule is C=C(C)/C=C1/CC(C(=O)NC2CCCCC2)ON/C1=C\C. The second-order valence-corrected chi connectivity index (χ2v) is 5.97. The molecule has 0 aromatic carbocycles. The third-order valence-electron chi connectivity index (χ3n) is 4.02. The van der Waals surface area contributed by atoms with Gasteiger partial charge in [0.25, 0.3) is 5.91 Å². The molecule has 116 valence electrons. The first kappa shape index (κ1) is 15.8. The van der Waals surface area contributed by atoms with Crippen LogP contribution in [0.5, 0.6) is 0 Å². The van der Waals surface area contributed by atoms with Gasteiger partial charge in [0.2, 0.25) is 0 Å². The smallest absolute Gasteiger partial charge is 0.252 e. The largest absolute Gasteiger partial charge is 0.351 e. The van der Waals surface area contributed by atoms with Gasteiger partial charge in [-0.1, -0.05) is 43.6 Å². The summed E-state index contributed by atoms with van der Waals surface area (Å²) in [5.41, 5.74) is 5.84. The van der Waals surface area contributed by atoms with Crippen LogP contribution in [0.3, 0.4) is 0 Å². The molecule has 1 saturated carbocycles. The van der Waals surface area contributed by atoms with Gasteiger partial charge in [0.15, 0.2) is 6.10 Å². The standard InChI is InChI=1S/C17H26N2O2/c1-4-15-13(10-12(2)3)11-16(21-19-15)17(20)18-14-8-6-5-7-9-14/h4,10,14,16,19H,2,5-9,11H2,1,3H3,(H,18,20)/b13-10-,15-4-. The Labute approximate surface area is 127 Å². The molecule has 1 amide bonds. The molecule has 0 aromatic heterocycles. The summed E-state index contributed by atoms with van der Waals surface area (Å²) in [6.07, 6.45) is 9.93. The van der Waals surface area contributed by atoms with Crippen molar-refractivity contribution in [2.24, 2.45) is 0 Å². The van der Waals surface area contributed by atoms with Crippen molar-refractivity contribution >= 4 is 5.91 Å². The van der Waals surface area contributed by atoms with Crippen LogP contribution in [0.1, 0.15) is 52.4 Å². The molecule has 2 rings (SSSR count). The van der Waals surface area contributed by atoms with Crippen molar-refractivity contribution in [1.29, 1.82) is 0 Å². The number of amides is 1. The van der Waals surface area contributed by atoms with E-state index in [0.29, 0.717) is 12.5 Å². The second-order valence-electron chi connectivity index (χ2n) is 5.97. The van der Waals surface area contributed by atoms with Gasteiger partial charge in [-0.3, -0.25) is 15.1 Å². The van der Waals surface area contributed by atoms with Gasteiger partial charge in [-0.05, 0) is 32.3 Å². The molecule has 1 heterocycles. The molecular formula is C17H26N2O2. The first-order valence-electron chi connectivity index (χ1n) is 7.85. The number of hydroxylamine groups is 1. The van der Waals surface area contributed by atoms with Crippen molar-refractivity contribution in [3.63, 3.8) is 0 Å². The lowest BCUT2D eigenvalue weighted by Crippen LogP contribution is -2.47. The summed E-state index contributed by atoms with van der Waals surface area (Å²) in [5.74, 6) is -0.0165. The lowest BCUT2D eigenvalue weighted by atomic mass is 9.95. The first-order chi connectivity index (χ1) is 10.1. The summed E-state index contributed by atoms with van der Waals surface area (Å²) in [5, 5.41) is 3.12. The van der Waals surface area contributed by atoms with Crippen molar-refractivity contribution in [2.75, 3.05) is 0 Å². The van der Waals surface area contributed by atoms with E-state index in [9.17, 15) is 4.79 Å². The van der Waals surface area contributed by atoms with Gasteiger partial charge in [-0.15, -0.1) is 0 Å². The Morgan fingerprint density at radius 3 is 2.71 bits per heavy atom. The molecule has 2 fully saturated rings. The fourth-order valence-electron chi connectivity index (χ4n) is 2.92. The quantitative estimate of drug-likeness (QED) is 0.839. The fourth-order valence-corrected chi connectivity index (χ4v) is 2.92. The van der Waals surface area contributed by atoms with Crippen LogP contribution in [0.25, 0.3) is 0 Å². The summed E-state index contributed by atoms with van der Waals surface area (Å²) in [4.78, 5) is 17.8. The van der Waals surface area contributed by atoms with E-state index in [1.165, 1.54) is 19.3 Å². The summed E-state index contributed by atoms with van der Waals surface area (Å²) < 4.78 is 0. The fraction of sp³-hybridized carbons (Fsp3) is 0.588. The van der Waals surface area contributed by atoms with E-state index in [-0.39, 0.29) is 5.91 Å². The monoisotopic (exact) mass is 290 g/mol. The van der Waals surface area contributed by atoms with Gasteiger partial charge in [0.1, 0.15) is 0 Å². The molecule has 2 N–H and O–H groups in total. The Morgan fingerprint density at radius 2 is 2.10 bits per heavy atom. The summed E-state index contributed by atoms with van der Waals surface area (Å²) >= 11 is 0. The molecule has 1 unspecified atom stereocenters. The zero-order chi connectivity index (χ0) is 15.2. The number of carbonyl (C=O) groups is 1.